The maximum absolute atomic E-state index is 7.65. The lowest BCUT2D eigenvalue weighted by Crippen LogP contribution is -2.32. The molecule has 4 rings (SSSR count). The highest BCUT2D eigenvalue weighted by atomic mass is 16.3. The number of nitrogens with zero attached hydrogens (tertiary/aromatic N) is 2. The van der Waals surface area contributed by atoms with Crippen molar-refractivity contribution in [1.29, 1.82) is 0 Å². The summed E-state index contributed by atoms with van der Waals surface area (Å²) in [6, 6.07) is 11.7. The van der Waals surface area contributed by atoms with E-state index in [-0.39, 0.29) is 11.1 Å². The van der Waals surface area contributed by atoms with Crippen LogP contribution >= 0.6 is 0 Å². The SMILES string of the molecule is [2H]C([2H])([2H])c1ccc2c(n1)oc1ccc(C)c(-c3ccc(C(C)C(C)(C)C)c[n+]3C)c12. The summed E-state index contributed by atoms with van der Waals surface area (Å²) in [5, 5.41) is 1.79. The summed E-state index contributed by atoms with van der Waals surface area (Å²) in [6.45, 7) is 8.86. The van der Waals surface area contributed by atoms with E-state index < -0.39 is 6.85 Å². The van der Waals surface area contributed by atoms with Gasteiger partial charge in [0.2, 0.25) is 11.4 Å². The van der Waals surface area contributed by atoms with Crippen LogP contribution in [0, 0.1) is 19.2 Å². The van der Waals surface area contributed by atoms with Gasteiger partial charge in [0.15, 0.2) is 6.20 Å². The van der Waals surface area contributed by atoms with E-state index in [1.165, 1.54) is 5.56 Å². The summed E-state index contributed by atoms with van der Waals surface area (Å²) >= 11 is 0. The van der Waals surface area contributed by atoms with Crippen molar-refractivity contribution in [3.05, 3.63) is 59.4 Å². The Morgan fingerprint density at radius 2 is 1.89 bits per heavy atom. The van der Waals surface area contributed by atoms with Crippen LogP contribution in [-0.2, 0) is 7.05 Å². The molecule has 0 saturated carbocycles. The first-order chi connectivity index (χ1) is 14.4. The number of aryl methyl sites for hydroxylation is 3. The highest BCUT2D eigenvalue weighted by Crippen LogP contribution is 2.38. The zero-order chi connectivity index (χ0) is 22.7. The molecule has 0 bridgehead atoms. The summed E-state index contributed by atoms with van der Waals surface area (Å²) in [7, 11) is 2.07. The maximum atomic E-state index is 7.65. The van der Waals surface area contributed by atoms with Gasteiger partial charge in [0.05, 0.1) is 5.56 Å². The Morgan fingerprint density at radius 3 is 2.57 bits per heavy atom. The monoisotopic (exact) mass is 376 g/mol. The summed E-state index contributed by atoms with van der Waals surface area (Å²) in [5.41, 5.74) is 5.87. The largest absolute Gasteiger partial charge is 0.438 e. The van der Waals surface area contributed by atoms with Crippen LogP contribution in [0.2, 0.25) is 0 Å². The van der Waals surface area contributed by atoms with Crippen LogP contribution in [0.3, 0.4) is 0 Å². The minimum atomic E-state index is -2.27. The zero-order valence-corrected chi connectivity index (χ0v) is 17.4. The Balaban J connectivity index is 1.94. The second kappa shape index (κ2) is 6.44. The second-order valence-electron chi connectivity index (χ2n) is 8.83. The van der Waals surface area contributed by atoms with Gasteiger partial charge in [-0.15, -0.1) is 0 Å². The van der Waals surface area contributed by atoms with Crippen molar-refractivity contribution < 1.29 is 13.1 Å². The van der Waals surface area contributed by atoms with Gasteiger partial charge in [-0.1, -0.05) is 33.8 Å². The van der Waals surface area contributed by atoms with Crippen molar-refractivity contribution in [2.45, 2.75) is 47.4 Å². The summed E-state index contributed by atoms with van der Waals surface area (Å²) < 4.78 is 31.1. The molecule has 3 heterocycles. The molecule has 0 aliphatic heterocycles. The highest BCUT2D eigenvalue weighted by Gasteiger charge is 2.26. The van der Waals surface area contributed by atoms with E-state index >= 15 is 0 Å². The van der Waals surface area contributed by atoms with Crippen LogP contribution < -0.4 is 4.57 Å². The predicted molar refractivity (Wildman–Crippen MR) is 115 cm³/mol. The predicted octanol–water partition coefficient (Wildman–Crippen LogP) is 6.24. The molecule has 0 amide bonds. The Morgan fingerprint density at radius 1 is 1.11 bits per heavy atom. The van der Waals surface area contributed by atoms with Crippen molar-refractivity contribution in [2.75, 3.05) is 0 Å². The fourth-order valence-corrected chi connectivity index (χ4v) is 3.83. The van der Waals surface area contributed by atoms with Crippen LogP contribution in [0.4, 0.5) is 0 Å². The van der Waals surface area contributed by atoms with Crippen LogP contribution in [0.1, 0.15) is 54.5 Å². The van der Waals surface area contributed by atoms with Crippen molar-refractivity contribution >= 4 is 22.1 Å². The molecule has 3 heteroatoms. The maximum Gasteiger partial charge on any atom is 0.227 e. The summed E-state index contributed by atoms with van der Waals surface area (Å²) in [4.78, 5) is 4.30. The second-order valence-corrected chi connectivity index (χ2v) is 8.83. The van der Waals surface area contributed by atoms with E-state index in [1.54, 1.807) is 6.07 Å². The molecule has 3 aromatic heterocycles. The minimum Gasteiger partial charge on any atom is -0.438 e. The standard InChI is InChI=1S/C25H29N2O/c1-15-8-13-21-23(19-11-9-16(2)26-24(19)28-21)22(15)20-12-10-18(14-27(20)7)17(3)25(4,5)6/h8-14,17H,1-7H3/q+1/i2D3. The lowest BCUT2D eigenvalue weighted by molar-refractivity contribution is -0.660. The van der Waals surface area contributed by atoms with E-state index in [1.807, 2.05) is 18.2 Å². The minimum absolute atomic E-state index is 0.0448. The number of benzene rings is 1. The number of fused-ring (bicyclic) bond motifs is 3. The van der Waals surface area contributed by atoms with E-state index in [0.29, 0.717) is 17.2 Å². The van der Waals surface area contributed by atoms with Crippen LogP contribution in [0.15, 0.2) is 47.0 Å². The van der Waals surface area contributed by atoms with Gasteiger partial charge in [-0.25, -0.2) is 9.55 Å². The molecule has 28 heavy (non-hydrogen) atoms. The Kier molecular flexibility index (Phi) is 3.51. The summed E-state index contributed by atoms with van der Waals surface area (Å²) in [5.74, 6) is 0.418. The van der Waals surface area contributed by atoms with Crippen molar-refractivity contribution in [1.82, 2.24) is 4.98 Å². The van der Waals surface area contributed by atoms with Crippen molar-refractivity contribution in [3.63, 3.8) is 0 Å². The van der Waals surface area contributed by atoms with Crippen LogP contribution in [0.25, 0.3) is 33.3 Å². The van der Waals surface area contributed by atoms with Gasteiger partial charge in [0.25, 0.3) is 0 Å². The van der Waals surface area contributed by atoms with Gasteiger partial charge in [0, 0.05) is 32.2 Å². The number of rotatable bonds is 2. The van der Waals surface area contributed by atoms with E-state index in [9.17, 15) is 0 Å². The van der Waals surface area contributed by atoms with Gasteiger partial charge >= 0.3 is 0 Å². The van der Waals surface area contributed by atoms with E-state index in [4.69, 9.17) is 8.53 Å². The number of hydrogen-bond acceptors (Lipinski definition) is 2. The number of aromatic nitrogens is 2. The molecule has 0 spiro atoms. The van der Waals surface area contributed by atoms with Gasteiger partial charge in [-0.3, -0.25) is 0 Å². The molecule has 4 aromatic rings. The van der Waals surface area contributed by atoms with Gasteiger partial charge < -0.3 is 4.42 Å². The molecular formula is C25H29N2O+. The van der Waals surface area contributed by atoms with Crippen molar-refractivity contribution in [2.24, 2.45) is 12.5 Å². The molecule has 0 N–H and O–H groups in total. The molecule has 0 aliphatic carbocycles. The first kappa shape index (κ1) is 15.3. The molecule has 0 saturated heterocycles. The lowest BCUT2D eigenvalue weighted by Gasteiger charge is -2.26. The average Bonchev–Trinajstić information content (AvgIpc) is 3.04. The first-order valence-electron chi connectivity index (χ1n) is 11.2. The van der Waals surface area contributed by atoms with Crippen LogP contribution in [-0.4, -0.2) is 4.98 Å². The first-order valence-corrected chi connectivity index (χ1v) is 9.71. The van der Waals surface area contributed by atoms with E-state index in [2.05, 4.69) is 69.5 Å². The number of furan rings is 1. The normalized spacial score (nSPS) is 15.4. The summed E-state index contributed by atoms with van der Waals surface area (Å²) in [6.07, 6.45) is 2.21. The molecule has 1 aromatic carbocycles. The molecule has 1 atom stereocenters. The molecule has 3 nitrogen and oxygen atoms in total. The third-order valence-electron chi connectivity index (χ3n) is 5.92. The van der Waals surface area contributed by atoms with Gasteiger partial charge in [-0.2, -0.15) is 0 Å². The lowest BCUT2D eigenvalue weighted by atomic mass is 9.78. The Labute approximate surface area is 171 Å². The number of pyridine rings is 2. The van der Waals surface area contributed by atoms with E-state index in [0.717, 1.165) is 27.6 Å². The topological polar surface area (TPSA) is 29.9 Å². The number of hydrogen-bond donors (Lipinski definition) is 0. The molecule has 0 fully saturated rings. The smallest absolute Gasteiger partial charge is 0.227 e. The third kappa shape index (κ3) is 2.99. The zero-order valence-electron chi connectivity index (χ0n) is 20.4. The van der Waals surface area contributed by atoms with Crippen molar-refractivity contribution in [3.8, 4) is 11.3 Å². The third-order valence-corrected chi connectivity index (χ3v) is 5.92. The fourth-order valence-electron chi connectivity index (χ4n) is 3.83. The highest BCUT2D eigenvalue weighted by molar-refractivity contribution is 6.11. The average molecular weight is 377 g/mol. The van der Waals surface area contributed by atoms with Gasteiger partial charge in [0.1, 0.15) is 12.6 Å². The Bertz CT molecular complexity index is 1300. The molecule has 144 valence electrons. The molecule has 0 aliphatic rings. The molecule has 1 unspecified atom stereocenters. The molecule has 0 radical (unpaired) electrons. The molecular weight excluding hydrogens is 344 g/mol. The van der Waals surface area contributed by atoms with Gasteiger partial charge in [-0.05, 0) is 54.9 Å². The Hall–Kier alpha value is -2.68. The van der Waals surface area contributed by atoms with Crippen LogP contribution in [0.5, 0.6) is 0 Å². The quantitative estimate of drug-likeness (QED) is 0.388. The fraction of sp³-hybridized carbons (Fsp3) is 0.360.